The van der Waals surface area contributed by atoms with Gasteiger partial charge in [-0.3, -0.25) is 4.72 Å². The molecule has 1 saturated heterocycles. The number of nitrogens with zero attached hydrogens (tertiary/aromatic N) is 1. The lowest BCUT2D eigenvalue weighted by atomic mass is 10.2. The van der Waals surface area contributed by atoms with Crippen LogP contribution in [0.5, 0.6) is 0 Å². The van der Waals surface area contributed by atoms with Gasteiger partial charge in [0, 0.05) is 18.7 Å². The van der Waals surface area contributed by atoms with E-state index in [4.69, 9.17) is 0 Å². The minimum Gasteiger partial charge on any atom is -0.392 e. The Hall–Kier alpha value is -1.11. The molecule has 0 atom stereocenters. The zero-order chi connectivity index (χ0) is 13.7. The molecule has 6 heteroatoms. The van der Waals surface area contributed by atoms with Gasteiger partial charge in [-0.15, -0.1) is 0 Å². The van der Waals surface area contributed by atoms with E-state index in [1.54, 1.807) is 24.3 Å². The molecule has 1 aliphatic heterocycles. The summed E-state index contributed by atoms with van der Waals surface area (Å²) in [4.78, 5) is 0. The molecule has 1 aromatic carbocycles. The maximum Gasteiger partial charge on any atom is 0.301 e. The molecule has 2 N–H and O–H groups in total. The van der Waals surface area contributed by atoms with Gasteiger partial charge in [0.25, 0.3) is 0 Å². The molecule has 2 rings (SSSR count). The molecule has 0 bridgehead atoms. The van der Waals surface area contributed by atoms with E-state index in [2.05, 4.69) is 4.72 Å². The molecule has 5 nitrogen and oxygen atoms in total. The lowest BCUT2D eigenvalue weighted by molar-refractivity contribution is 0.282. The molecule has 106 valence electrons. The third-order valence-electron chi connectivity index (χ3n) is 3.33. The minimum atomic E-state index is -3.52. The fourth-order valence-electron chi connectivity index (χ4n) is 2.24. The molecule has 0 unspecified atom stereocenters. The van der Waals surface area contributed by atoms with E-state index < -0.39 is 10.2 Å². The lowest BCUT2D eigenvalue weighted by Crippen LogP contribution is -2.36. The molecular weight excluding hydrogens is 264 g/mol. The van der Waals surface area contributed by atoms with Crippen molar-refractivity contribution in [2.24, 2.45) is 0 Å². The van der Waals surface area contributed by atoms with Crippen molar-refractivity contribution in [3.8, 4) is 0 Å². The fourth-order valence-corrected chi connectivity index (χ4v) is 3.59. The summed E-state index contributed by atoms with van der Waals surface area (Å²) in [5, 5.41) is 9.22. The van der Waals surface area contributed by atoms with Gasteiger partial charge in [0.1, 0.15) is 0 Å². The first-order valence-corrected chi connectivity index (χ1v) is 8.04. The average Bonchev–Trinajstić information content (AvgIpc) is 2.68. The van der Waals surface area contributed by atoms with Gasteiger partial charge in [0.2, 0.25) is 0 Å². The zero-order valence-corrected chi connectivity index (χ0v) is 11.7. The smallest absolute Gasteiger partial charge is 0.301 e. The van der Waals surface area contributed by atoms with Crippen LogP contribution >= 0.6 is 0 Å². The minimum absolute atomic E-state index is 0.182. The maximum absolute atomic E-state index is 12.3. The third kappa shape index (κ3) is 3.68. The summed E-state index contributed by atoms with van der Waals surface area (Å²) in [5.74, 6) is 0. The van der Waals surface area contributed by atoms with Crippen LogP contribution in [-0.2, 0) is 16.8 Å². The van der Waals surface area contributed by atoms with Crippen LogP contribution in [-0.4, -0.2) is 30.9 Å². The van der Waals surface area contributed by atoms with Crippen LogP contribution in [0.25, 0.3) is 0 Å². The second-order valence-corrected chi connectivity index (χ2v) is 6.41. The molecule has 1 aliphatic rings. The van der Waals surface area contributed by atoms with Crippen molar-refractivity contribution in [1.82, 2.24) is 4.31 Å². The largest absolute Gasteiger partial charge is 0.392 e. The second kappa shape index (κ2) is 6.36. The van der Waals surface area contributed by atoms with Gasteiger partial charge in [-0.05, 0) is 18.9 Å². The first kappa shape index (κ1) is 14.3. The molecule has 1 heterocycles. The van der Waals surface area contributed by atoms with Gasteiger partial charge < -0.3 is 5.11 Å². The summed E-state index contributed by atoms with van der Waals surface area (Å²) < 4.78 is 28.7. The highest BCUT2D eigenvalue weighted by Crippen LogP contribution is 2.19. The average molecular weight is 284 g/mol. The summed E-state index contributed by atoms with van der Waals surface area (Å²) in [6.07, 6.45) is 3.98. The first-order valence-electron chi connectivity index (χ1n) is 6.60. The summed E-state index contributed by atoms with van der Waals surface area (Å²) >= 11 is 0. The number of benzene rings is 1. The summed E-state index contributed by atoms with van der Waals surface area (Å²) in [6.45, 7) is 0.950. The molecule has 0 saturated carbocycles. The van der Waals surface area contributed by atoms with E-state index in [-0.39, 0.29) is 6.61 Å². The number of hydrogen-bond donors (Lipinski definition) is 2. The van der Waals surface area contributed by atoms with Crippen LogP contribution in [0, 0.1) is 0 Å². The molecule has 1 aromatic rings. The maximum atomic E-state index is 12.3. The van der Waals surface area contributed by atoms with E-state index in [1.807, 2.05) is 0 Å². The normalized spacial score (nSPS) is 17.9. The molecule has 0 aliphatic carbocycles. The highest BCUT2D eigenvalue weighted by molar-refractivity contribution is 7.90. The van der Waals surface area contributed by atoms with Crippen LogP contribution < -0.4 is 4.72 Å². The predicted molar refractivity (Wildman–Crippen MR) is 74.9 cm³/mol. The highest BCUT2D eigenvalue weighted by atomic mass is 32.2. The number of anilines is 1. The fraction of sp³-hybridized carbons (Fsp3) is 0.538. The third-order valence-corrected chi connectivity index (χ3v) is 4.85. The Morgan fingerprint density at radius 3 is 2.37 bits per heavy atom. The molecule has 0 spiro atoms. The predicted octanol–water partition coefficient (Wildman–Crippen LogP) is 1.71. The lowest BCUT2D eigenvalue weighted by Gasteiger charge is -2.21. The van der Waals surface area contributed by atoms with E-state index >= 15 is 0 Å². The van der Waals surface area contributed by atoms with Crippen molar-refractivity contribution in [2.45, 2.75) is 32.3 Å². The van der Waals surface area contributed by atoms with Crippen molar-refractivity contribution in [3.63, 3.8) is 0 Å². The van der Waals surface area contributed by atoms with Gasteiger partial charge in [-0.2, -0.15) is 12.7 Å². The van der Waals surface area contributed by atoms with Crippen LogP contribution in [0.15, 0.2) is 24.3 Å². The van der Waals surface area contributed by atoms with Crippen LogP contribution in [0.1, 0.15) is 31.2 Å². The van der Waals surface area contributed by atoms with Crippen molar-refractivity contribution in [3.05, 3.63) is 29.8 Å². The Bertz CT molecular complexity index is 508. The van der Waals surface area contributed by atoms with Crippen molar-refractivity contribution < 1.29 is 13.5 Å². The SMILES string of the molecule is O=S(=O)(Nc1ccccc1CO)N1CCCCCC1. The van der Waals surface area contributed by atoms with Gasteiger partial charge >= 0.3 is 10.2 Å². The molecule has 0 radical (unpaired) electrons. The van der Waals surface area contributed by atoms with Crippen LogP contribution in [0.2, 0.25) is 0 Å². The standard InChI is InChI=1S/C13H20N2O3S/c16-11-12-7-3-4-8-13(12)14-19(17,18)15-9-5-1-2-6-10-15/h3-4,7-8,14,16H,1-2,5-6,9-11H2. The topological polar surface area (TPSA) is 69.6 Å². The molecule has 19 heavy (non-hydrogen) atoms. The summed E-state index contributed by atoms with van der Waals surface area (Å²) in [5.41, 5.74) is 1.04. The number of nitrogens with one attached hydrogen (secondary N) is 1. The van der Waals surface area contributed by atoms with E-state index in [0.29, 0.717) is 24.3 Å². The Labute approximate surface area is 114 Å². The van der Waals surface area contributed by atoms with Crippen molar-refractivity contribution in [1.29, 1.82) is 0 Å². The Morgan fingerprint density at radius 2 is 1.74 bits per heavy atom. The highest BCUT2D eigenvalue weighted by Gasteiger charge is 2.23. The van der Waals surface area contributed by atoms with Gasteiger partial charge in [-0.1, -0.05) is 31.0 Å². The van der Waals surface area contributed by atoms with E-state index in [0.717, 1.165) is 25.7 Å². The van der Waals surface area contributed by atoms with Gasteiger partial charge in [-0.25, -0.2) is 0 Å². The summed E-state index contributed by atoms with van der Waals surface area (Å²) in [6, 6.07) is 6.90. The van der Waals surface area contributed by atoms with E-state index in [9.17, 15) is 13.5 Å². The molecule has 0 aromatic heterocycles. The number of aliphatic hydroxyl groups is 1. The summed E-state index contributed by atoms with van der Waals surface area (Å²) in [7, 11) is -3.52. The number of para-hydroxylation sites is 1. The van der Waals surface area contributed by atoms with Crippen LogP contribution in [0.3, 0.4) is 0 Å². The molecular formula is C13H20N2O3S. The Kier molecular flexibility index (Phi) is 4.79. The van der Waals surface area contributed by atoms with Gasteiger partial charge in [0.15, 0.2) is 0 Å². The molecule has 1 fully saturated rings. The number of aliphatic hydroxyl groups excluding tert-OH is 1. The second-order valence-electron chi connectivity index (χ2n) is 4.74. The van der Waals surface area contributed by atoms with Crippen molar-refractivity contribution >= 4 is 15.9 Å². The van der Waals surface area contributed by atoms with E-state index in [1.165, 1.54) is 4.31 Å². The number of rotatable bonds is 4. The van der Waals surface area contributed by atoms with Crippen molar-refractivity contribution in [2.75, 3.05) is 17.8 Å². The quantitative estimate of drug-likeness (QED) is 0.884. The number of hydrogen-bond acceptors (Lipinski definition) is 3. The monoisotopic (exact) mass is 284 g/mol. The Balaban J connectivity index is 2.15. The Morgan fingerprint density at radius 1 is 1.11 bits per heavy atom. The van der Waals surface area contributed by atoms with Gasteiger partial charge in [0.05, 0.1) is 12.3 Å². The first-order chi connectivity index (χ1) is 9.13. The van der Waals surface area contributed by atoms with Crippen LogP contribution in [0.4, 0.5) is 5.69 Å². The molecule has 0 amide bonds. The zero-order valence-electron chi connectivity index (χ0n) is 10.9.